The van der Waals surface area contributed by atoms with Crippen molar-refractivity contribution in [2.45, 2.75) is 5.41 Å². The van der Waals surface area contributed by atoms with Crippen LogP contribution >= 0.6 is 0 Å². The first-order valence-corrected chi connectivity index (χ1v) is 18.0. The Labute approximate surface area is 309 Å². The second-order valence-corrected chi connectivity index (χ2v) is 13.6. The predicted molar refractivity (Wildman–Crippen MR) is 216 cm³/mol. The molecule has 0 atom stereocenters. The summed E-state index contributed by atoms with van der Waals surface area (Å²) in [5.74, 6) is 1.95. The number of hydrogen-bond acceptors (Lipinski definition) is 3. The van der Waals surface area contributed by atoms with Crippen LogP contribution in [0.4, 0.5) is 0 Å². The quantitative estimate of drug-likeness (QED) is 0.176. The molecule has 1 aromatic heterocycles. The van der Waals surface area contributed by atoms with E-state index in [1.54, 1.807) is 0 Å². The summed E-state index contributed by atoms with van der Waals surface area (Å²) < 4.78 is 0. The third-order valence-electron chi connectivity index (χ3n) is 10.6. The van der Waals surface area contributed by atoms with Crippen molar-refractivity contribution < 1.29 is 0 Å². The molecule has 8 aromatic carbocycles. The van der Waals surface area contributed by atoms with Gasteiger partial charge in [-0.05, 0) is 67.4 Å². The van der Waals surface area contributed by atoms with E-state index in [0.29, 0.717) is 17.5 Å². The Hall–Kier alpha value is -6.97. The van der Waals surface area contributed by atoms with Gasteiger partial charge in [-0.3, -0.25) is 0 Å². The minimum atomic E-state index is -0.486. The molecule has 1 aliphatic carbocycles. The standard InChI is InChI=1S/C50H33N3/c1-5-16-35(17-6-1)47-51-48(36-18-7-2-8-19-36)53-49(52-47)37-30-28-34(29-31-37)42-26-15-27-44-46(42)43-32-38-20-13-14-21-39(38)33-45(43)50(44,40-22-9-3-10-23-40)41-24-11-4-12-25-41/h1-33H. The minimum Gasteiger partial charge on any atom is -0.208 e. The second kappa shape index (κ2) is 12.7. The molecule has 0 saturated heterocycles. The zero-order valence-electron chi connectivity index (χ0n) is 28.9. The molecule has 0 aliphatic heterocycles. The topological polar surface area (TPSA) is 38.7 Å². The van der Waals surface area contributed by atoms with E-state index < -0.39 is 5.41 Å². The Kier molecular flexibility index (Phi) is 7.36. The Bertz CT molecular complexity index is 2650. The lowest BCUT2D eigenvalue weighted by Gasteiger charge is -2.34. The molecule has 3 heteroatoms. The molecule has 10 rings (SSSR count). The molecule has 53 heavy (non-hydrogen) atoms. The number of rotatable bonds is 6. The monoisotopic (exact) mass is 675 g/mol. The third kappa shape index (κ3) is 5.09. The van der Waals surface area contributed by atoms with Crippen molar-refractivity contribution in [1.29, 1.82) is 0 Å². The molecule has 0 amide bonds. The van der Waals surface area contributed by atoms with Crippen LogP contribution in [0, 0.1) is 0 Å². The van der Waals surface area contributed by atoms with E-state index in [4.69, 9.17) is 15.0 Å². The minimum absolute atomic E-state index is 0.486. The molecule has 248 valence electrons. The summed E-state index contributed by atoms with van der Waals surface area (Å²) >= 11 is 0. The van der Waals surface area contributed by atoms with E-state index in [1.807, 2.05) is 60.7 Å². The van der Waals surface area contributed by atoms with Crippen molar-refractivity contribution in [3.05, 3.63) is 222 Å². The van der Waals surface area contributed by atoms with Crippen LogP contribution in [0.15, 0.2) is 200 Å². The molecule has 9 aromatic rings. The van der Waals surface area contributed by atoms with Crippen LogP contribution in [0.3, 0.4) is 0 Å². The average molecular weight is 676 g/mol. The van der Waals surface area contributed by atoms with Gasteiger partial charge in [0.25, 0.3) is 0 Å². The van der Waals surface area contributed by atoms with Gasteiger partial charge in [-0.15, -0.1) is 0 Å². The molecule has 0 spiro atoms. The molecular formula is C50H33N3. The van der Waals surface area contributed by atoms with Crippen molar-refractivity contribution in [2.24, 2.45) is 0 Å². The largest absolute Gasteiger partial charge is 0.208 e. The highest BCUT2D eigenvalue weighted by Gasteiger charge is 2.47. The van der Waals surface area contributed by atoms with E-state index in [-0.39, 0.29) is 0 Å². The van der Waals surface area contributed by atoms with Gasteiger partial charge in [0.05, 0.1) is 5.41 Å². The maximum absolute atomic E-state index is 4.98. The molecule has 0 N–H and O–H groups in total. The second-order valence-electron chi connectivity index (χ2n) is 13.6. The van der Waals surface area contributed by atoms with Gasteiger partial charge in [0.1, 0.15) is 0 Å². The Morgan fingerprint density at radius 3 is 1.26 bits per heavy atom. The summed E-state index contributed by atoms with van der Waals surface area (Å²) in [5.41, 5.74) is 12.3. The summed E-state index contributed by atoms with van der Waals surface area (Å²) in [5, 5.41) is 2.47. The lowest BCUT2D eigenvalue weighted by molar-refractivity contribution is 0.769. The van der Waals surface area contributed by atoms with E-state index in [9.17, 15) is 0 Å². The van der Waals surface area contributed by atoms with E-state index in [0.717, 1.165) is 22.3 Å². The molecule has 1 aliphatic rings. The van der Waals surface area contributed by atoms with E-state index >= 15 is 0 Å². The third-order valence-corrected chi connectivity index (χ3v) is 10.6. The van der Waals surface area contributed by atoms with Crippen LogP contribution in [0.5, 0.6) is 0 Å². The zero-order chi connectivity index (χ0) is 35.2. The van der Waals surface area contributed by atoms with E-state index in [1.165, 1.54) is 49.7 Å². The summed E-state index contributed by atoms with van der Waals surface area (Å²) in [6, 6.07) is 71.3. The highest BCUT2D eigenvalue weighted by atomic mass is 15.0. The SMILES string of the molecule is c1ccc(-c2nc(-c3ccccc3)nc(-c3ccc(-c4cccc5c4-c4cc6ccccc6cc4C5(c4ccccc4)c4ccccc4)cc3)n2)cc1. The van der Waals surface area contributed by atoms with E-state index in [2.05, 4.69) is 140 Å². The van der Waals surface area contributed by atoms with Crippen LogP contribution in [-0.4, -0.2) is 15.0 Å². The number of fused-ring (bicyclic) bond motifs is 4. The van der Waals surface area contributed by atoms with Gasteiger partial charge >= 0.3 is 0 Å². The lowest BCUT2D eigenvalue weighted by atomic mass is 9.67. The maximum atomic E-state index is 4.98. The highest BCUT2D eigenvalue weighted by Crippen LogP contribution is 2.59. The normalized spacial score (nSPS) is 12.7. The van der Waals surface area contributed by atoms with Gasteiger partial charge in [0, 0.05) is 16.7 Å². The van der Waals surface area contributed by atoms with Gasteiger partial charge in [0.2, 0.25) is 0 Å². The van der Waals surface area contributed by atoms with Crippen LogP contribution in [0.2, 0.25) is 0 Å². The van der Waals surface area contributed by atoms with Crippen LogP contribution < -0.4 is 0 Å². The summed E-state index contributed by atoms with van der Waals surface area (Å²) in [6.07, 6.45) is 0. The fourth-order valence-corrected chi connectivity index (χ4v) is 8.20. The van der Waals surface area contributed by atoms with Gasteiger partial charge in [-0.1, -0.05) is 188 Å². The van der Waals surface area contributed by atoms with Crippen LogP contribution in [0.25, 0.3) is 67.2 Å². The number of nitrogens with zero attached hydrogens (tertiary/aromatic N) is 3. The van der Waals surface area contributed by atoms with Gasteiger partial charge < -0.3 is 0 Å². The number of hydrogen-bond donors (Lipinski definition) is 0. The van der Waals surface area contributed by atoms with Crippen molar-refractivity contribution in [3.8, 4) is 56.4 Å². The Morgan fingerprint density at radius 2 is 0.736 bits per heavy atom. The van der Waals surface area contributed by atoms with Gasteiger partial charge in [-0.2, -0.15) is 0 Å². The maximum Gasteiger partial charge on any atom is 0.164 e. The molecule has 0 radical (unpaired) electrons. The van der Waals surface area contributed by atoms with Crippen molar-refractivity contribution in [2.75, 3.05) is 0 Å². The predicted octanol–water partition coefficient (Wildman–Crippen LogP) is 12.1. The van der Waals surface area contributed by atoms with Crippen molar-refractivity contribution >= 4 is 10.8 Å². The fraction of sp³-hybridized carbons (Fsp3) is 0.0200. The molecule has 0 unspecified atom stereocenters. The first kappa shape index (κ1) is 30.8. The smallest absolute Gasteiger partial charge is 0.164 e. The lowest BCUT2D eigenvalue weighted by Crippen LogP contribution is -2.28. The Morgan fingerprint density at radius 1 is 0.302 bits per heavy atom. The summed E-state index contributed by atoms with van der Waals surface area (Å²) in [7, 11) is 0. The molecule has 0 fully saturated rings. The van der Waals surface area contributed by atoms with Crippen LogP contribution in [0.1, 0.15) is 22.3 Å². The van der Waals surface area contributed by atoms with Crippen molar-refractivity contribution in [1.82, 2.24) is 15.0 Å². The molecule has 0 saturated carbocycles. The Balaban J connectivity index is 1.17. The van der Waals surface area contributed by atoms with Gasteiger partial charge in [-0.25, -0.2) is 15.0 Å². The highest BCUT2D eigenvalue weighted by molar-refractivity contribution is 6.00. The average Bonchev–Trinajstić information content (AvgIpc) is 3.54. The molecular weight excluding hydrogens is 643 g/mol. The summed E-state index contributed by atoms with van der Waals surface area (Å²) in [4.78, 5) is 14.9. The van der Waals surface area contributed by atoms with Crippen molar-refractivity contribution in [3.63, 3.8) is 0 Å². The zero-order valence-corrected chi connectivity index (χ0v) is 28.9. The first-order valence-electron chi connectivity index (χ1n) is 18.0. The van der Waals surface area contributed by atoms with Gasteiger partial charge in [0.15, 0.2) is 17.5 Å². The summed E-state index contributed by atoms with van der Waals surface area (Å²) in [6.45, 7) is 0. The fourth-order valence-electron chi connectivity index (χ4n) is 8.20. The molecule has 1 heterocycles. The number of benzene rings is 8. The van der Waals surface area contributed by atoms with Crippen LogP contribution in [-0.2, 0) is 5.41 Å². The first-order chi connectivity index (χ1) is 26.3. The molecule has 0 bridgehead atoms. The number of aromatic nitrogens is 3. The molecule has 3 nitrogen and oxygen atoms in total.